The summed E-state index contributed by atoms with van der Waals surface area (Å²) in [5, 5.41) is 5.01. The predicted molar refractivity (Wildman–Crippen MR) is 93.9 cm³/mol. The van der Waals surface area contributed by atoms with Crippen molar-refractivity contribution in [3.05, 3.63) is 35.4 Å². The van der Waals surface area contributed by atoms with E-state index in [1.807, 2.05) is 6.92 Å². The van der Waals surface area contributed by atoms with Crippen molar-refractivity contribution < 1.29 is 9.53 Å². The molecule has 1 fully saturated rings. The van der Waals surface area contributed by atoms with Crippen LogP contribution in [-0.4, -0.2) is 35.9 Å². The molecule has 1 atom stereocenters. The average Bonchev–Trinajstić information content (AvgIpc) is 3.04. The maximum Gasteiger partial charge on any atom is 0.230 e. The van der Waals surface area contributed by atoms with Crippen LogP contribution in [0, 0.1) is 13.8 Å². The smallest absolute Gasteiger partial charge is 0.230 e. The fourth-order valence-corrected chi connectivity index (χ4v) is 3.55. The number of ether oxygens (including phenoxy) is 1. The minimum absolute atomic E-state index is 0.0380. The predicted octanol–water partition coefficient (Wildman–Crippen LogP) is 3.24. The van der Waals surface area contributed by atoms with E-state index in [1.165, 1.54) is 17.3 Å². The Labute approximate surface area is 141 Å². The largest absolute Gasteiger partial charge is 0.376 e. The van der Waals surface area contributed by atoms with Crippen molar-refractivity contribution in [1.29, 1.82) is 0 Å². The standard InChI is InChI=1S/C18H22N2O2S/c1-12-5-6-14-9-13(2)18(20-16(14)8-12)23-11-17(21)19-10-15-4-3-7-22-15/h5-6,8-9,15H,3-4,7,10-11H2,1-2H3,(H,19,21)/t15-/m0/s1. The summed E-state index contributed by atoms with van der Waals surface area (Å²) in [6.45, 7) is 5.53. The van der Waals surface area contributed by atoms with E-state index in [9.17, 15) is 4.79 Å². The number of carbonyl (C=O) groups is 1. The molecule has 2 heterocycles. The van der Waals surface area contributed by atoms with Gasteiger partial charge >= 0.3 is 0 Å². The van der Waals surface area contributed by atoms with Crippen molar-refractivity contribution in [1.82, 2.24) is 10.3 Å². The summed E-state index contributed by atoms with van der Waals surface area (Å²) < 4.78 is 5.51. The molecule has 122 valence electrons. The zero-order chi connectivity index (χ0) is 16.2. The molecule has 23 heavy (non-hydrogen) atoms. The highest BCUT2D eigenvalue weighted by Gasteiger charge is 2.16. The first kappa shape index (κ1) is 16.3. The highest BCUT2D eigenvalue weighted by atomic mass is 32.2. The molecule has 1 amide bonds. The maximum atomic E-state index is 12.0. The van der Waals surface area contributed by atoms with Gasteiger partial charge in [0.05, 0.1) is 17.4 Å². The molecule has 0 radical (unpaired) electrons. The Balaban J connectivity index is 1.59. The van der Waals surface area contributed by atoms with Crippen molar-refractivity contribution in [2.24, 2.45) is 0 Å². The van der Waals surface area contributed by atoms with Crippen LogP contribution >= 0.6 is 11.8 Å². The Hall–Kier alpha value is -1.59. The first-order valence-electron chi connectivity index (χ1n) is 8.01. The van der Waals surface area contributed by atoms with E-state index in [0.29, 0.717) is 12.3 Å². The number of thioether (sulfide) groups is 1. The van der Waals surface area contributed by atoms with Crippen LogP contribution in [0.15, 0.2) is 29.3 Å². The minimum atomic E-state index is 0.0380. The third-order valence-electron chi connectivity index (χ3n) is 4.01. The molecule has 1 aromatic heterocycles. The third-order valence-corrected chi connectivity index (χ3v) is 5.10. The summed E-state index contributed by atoms with van der Waals surface area (Å²) in [6, 6.07) is 8.40. The first-order valence-corrected chi connectivity index (χ1v) is 8.99. The van der Waals surface area contributed by atoms with E-state index in [-0.39, 0.29) is 12.0 Å². The van der Waals surface area contributed by atoms with Gasteiger partial charge in [-0.05, 0) is 49.9 Å². The van der Waals surface area contributed by atoms with Crippen LogP contribution in [-0.2, 0) is 9.53 Å². The summed E-state index contributed by atoms with van der Waals surface area (Å²) in [5.74, 6) is 0.425. The highest BCUT2D eigenvalue weighted by Crippen LogP contribution is 2.24. The van der Waals surface area contributed by atoms with Crippen LogP contribution in [0.25, 0.3) is 10.9 Å². The van der Waals surface area contributed by atoms with Crippen LogP contribution in [0.2, 0.25) is 0 Å². The number of aromatic nitrogens is 1. The lowest BCUT2D eigenvalue weighted by atomic mass is 10.1. The number of hydrogen-bond acceptors (Lipinski definition) is 4. The molecule has 0 unspecified atom stereocenters. The Bertz CT molecular complexity index is 711. The Morgan fingerprint density at radius 3 is 3.04 bits per heavy atom. The molecular weight excluding hydrogens is 308 g/mol. The van der Waals surface area contributed by atoms with E-state index in [1.54, 1.807) is 0 Å². The van der Waals surface area contributed by atoms with Crippen LogP contribution in [0.5, 0.6) is 0 Å². The molecule has 1 N–H and O–H groups in total. The fourth-order valence-electron chi connectivity index (χ4n) is 2.73. The third kappa shape index (κ3) is 4.24. The average molecular weight is 330 g/mol. The van der Waals surface area contributed by atoms with Crippen molar-refractivity contribution in [3.63, 3.8) is 0 Å². The Morgan fingerprint density at radius 1 is 1.39 bits per heavy atom. The number of rotatable bonds is 5. The lowest BCUT2D eigenvalue weighted by Gasteiger charge is -2.11. The summed E-state index contributed by atoms with van der Waals surface area (Å²) in [6.07, 6.45) is 2.32. The van der Waals surface area contributed by atoms with Crippen molar-refractivity contribution in [2.75, 3.05) is 18.9 Å². The quantitative estimate of drug-likeness (QED) is 0.855. The number of amides is 1. The van der Waals surface area contributed by atoms with Gasteiger partial charge in [0.25, 0.3) is 0 Å². The second kappa shape index (κ2) is 7.32. The number of benzene rings is 1. The number of pyridine rings is 1. The molecule has 5 heteroatoms. The van der Waals surface area contributed by atoms with Gasteiger partial charge in [0.2, 0.25) is 5.91 Å². The zero-order valence-corrected chi connectivity index (χ0v) is 14.4. The number of aryl methyl sites for hydroxylation is 2. The molecular formula is C18H22N2O2S. The van der Waals surface area contributed by atoms with E-state index >= 15 is 0 Å². The van der Waals surface area contributed by atoms with Gasteiger partial charge in [-0.25, -0.2) is 4.98 Å². The molecule has 1 saturated heterocycles. The monoisotopic (exact) mass is 330 g/mol. The van der Waals surface area contributed by atoms with Gasteiger partial charge in [-0.15, -0.1) is 0 Å². The number of nitrogens with one attached hydrogen (secondary N) is 1. The topological polar surface area (TPSA) is 51.2 Å². The van der Waals surface area contributed by atoms with E-state index < -0.39 is 0 Å². The van der Waals surface area contributed by atoms with E-state index in [4.69, 9.17) is 9.72 Å². The normalized spacial score (nSPS) is 17.6. The van der Waals surface area contributed by atoms with Crippen molar-refractivity contribution in [3.8, 4) is 0 Å². The SMILES string of the molecule is Cc1ccc2cc(C)c(SCC(=O)NC[C@@H]3CCCO3)nc2c1. The fraction of sp³-hybridized carbons (Fsp3) is 0.444. The summed E-state index contributed by atoms with van der Waals surface area (Å²) in [5.41, 5.74) is 3.29. The van der Waals surface area contributed by atoms with Gasteiger partial charge in [-0.1, -0.05) is 23.9 Å². The molecule has 1 aliphatic heterocycles. The highest BCUT2D eigenvalue weighted by molar-refractivity contribution is 7.99. The van der Waals surface area contributed by atoms with Crippen LogP contribution in [0.4, 0.5) is 0 Å². The second-order valence-electron chi connectivity index (χ2n) is 6.03. The Morgan fingerprint density at radius 2 is 2.26 bits per heavy atom. The lowest BCUT2D eigenvalue weighted by molar-refractivity contribution is -0.119. The zero-order valence-electron chi connectivity index (χ0n) is 13.6. The van der Waals surface area contributed by atoms with Crippen molar-refractivity contribution in [2.45, 2.75) is 37.8 Å². The minimum Gasteiger partial charge on any atom is -0.376 e. The van der Waals surface area contributed by atoms with Gasteiger partial charge in [0, 0.05) is 18.5 Å². The van der Waals surface area contributed by atoms with Crippen LogP contribution < -0.4 is 5.32 Å². The van der Waals surface area contributed by atoms with E-state index in [2.05, 4.69) is 36.5 Å². The summed E-state index contributed by atoms with van der Waals surface area (Å²) in [7, 11) is 0. The van der Waals surface area contributed by atoms with Crippen LogP contribution in [0.1, 0.15) is 24.0 Å². The molecule has 0 bridgehead atoms. The van der Waals surface area contributed by atoms with Crippen molar-refractivity contribution >= 4 is 28.6 Å². The van der Waals surface area contributed by atoms with Gasteiger partial charge in [0.15, 0.2) is 0 Å². The molecule has 0 saturated carbocycles. The van der Waals surface area contributed by atoms with Crippen LogP contribution in [0.3, 0.4) is 0 Å². The Kier molecular flexibility index (Phi) is 5.18. The van der Waals surface area contributed by atoms with Gasteiger partial charge in [0.1, 0.15) is 5.03 Å². The molecule has 1 aromatic carbocycles. The maximum absolute atomic E-state index is 12.0. The number of fused-ring (bicyclic) bond motifs is 1. The van der Waals surface area contributed by atoms with Gasteiger partial charge in [-0.2, -0.15) is 0 Å². The first-order chi connectivity index (χ1) is 11.1. The number of hydrogen-bond donors (Lipinski definition) is 1. The van der Waals surface area contributed by atoms with Gasteiger partial charge < -0.3 is 10.1 Å². The molecule has 1 aliphatic rings. The second-order valence-corrected chi connectivity index (χ2v) is 7.00. The number of nitrogens with zero attached hydrogens (tertiary/aromatic N) is 1. The molecule has 3 rings (SSSR count). The lowest BCUT2D eigenvalue weighted by Crippen LogP contribution is -2.32. The number of carbonyl (C=O) groups excluding carboxylic acids is 1. The molecule has 0 aliphatic carbocycles. The molecule has 4 nitrogen and oxygen atoms in total. The van der Waals surface area contributed by atoms with Gasteiger partial charge in [-0.3, -0.25) is 4.79 Å². The summed E-state index contributed by atoms with van der Waals surface area (Å²) in [4.78, 5) is 16.7. The molecule has 2 aromatic rings. The molecule has 0 spiro atoms. The van der Waals surface area contributed by atoms with E-state index in [0.717, 1.165) is 40.9 Å². The summed E-state index contributed by atoms with van der Waals surface area (Å²) >= 11 is 1.49.